The van der Waals surface area contributed by atoms with E-state index in [1.165, 1.54) is 17.4 Å². The van der Waals surface area contributed by atoms with Gasteiger partial charge in [0.25, 0.3) is 0 Å². The van der Waals surface area contributed by atoms with E-state index in [1.54, 1.807) is 5.51 Å². The first kappa shape index (κ1) is 14.5. The number of aromatic nitrogens is 3. The van der Waals surface area contributed by atoms with Crippen molar-refractivity contribution in [3.05, 3.63) is 28.0 Å². The van der Waals surface area contributed by atoms with Crippen LogP contribution in [0.15, 0.2) is 11.6 Å². The minimum Gasteiger partial charge on any atom is -0.365 e. The topological polar surface area (TPSA) is 88.8 Å². The van der Waals surface area contributed by atoms with Crippen molar-refractivity contribution in [2.45, 2.75) is 19.6 Å². The van der Waals surface area contributed by atoms with Gasteiger partial charge in [0.05, 0.1) is 17.7 Å². The second-order valence-corrected chi connectivity index (χ2v) is 4.76. The molecule has 2 heterocycles. The maximum Gasteiger partial charge on any atom is 0.451 e. The Morgan fingerprint density at radius 3 is 2.55 bits per heavy atom. The largest absolute Gasteiger partial charge is 0.451 e. The number of hydrogen-bond acceptors (Lipinski definition) is 7. The summed E-state index contributed by atoms with van der Waals surface area (Å²) < 4.78 is 37.9. The van der Waals surface area contributed by atoms with Crippen molar-refractivity contribution < 1.29 is 13.2 Å². The molecule has 10 heteroatoms. The standard InChI is InChI=1S/C10H11F3N6S/c1-5-6(20-4-16-5)3-15-7-2-8(19-14)18-9(17-7)10(11,12)13/h2,4H,3,14H2,1H3,(H2,15,17,18,19). The number of nitrogens with zero attached hydrogens (tertiary/aromatic N) is 3. The number of nitrogens with one attached hydrogen (secondary N) is 2. The Balaban J connectivity index is 2.21. The molecular weight excluding hydrogens is 293 g/mol. The average molecular weight is 304 g/mol. The van der Waals surface area contributed by atoms with E-state index in [-0.39, 0.29) is 11.6 Å². The lowest BCUT2D eigenvalue weighted by atomic mass is 10.4. The fraction of sp³-hybridized carbons (Fsp3) is 0.300. The maximum atomic E-state index is 12.6. The first-order valence-electron chi connectivity index (χ1n) is 5.46. The summed E-state index contributed by atoms with van der Waals surface area (Å²) >= 11 is 1.41. The number of aryl methyl sites for hydroxylation is 1. The number of rotatable bonds is 4. The van der Waals surface area contributed by atoms with Crippen LogP contribution >= 0.6 is 11.3 Å². The van der Waals surface area contributed by atoms with Gasteiger partial charge in [-0.1, -0.05) is 0 Å². The molecule has 0 bridgehead atoms. The van der Waals surface area contributed by atoms with Crippen molar-refractivity contribution in [1.29, 1.82) is 0 Å². The van der Waals surface area contributed by atoms with Crippen LogP contribution in [0.5, 0.6) is 0 Å². The van der Waals surface area contributed by atoms with Gasteiger partial charge in [-0.3, -0.25) is 0 Å². The highest BCUT2D eigenvalue weighted by Crippen LogP contribution is 2.28. The quantitative estimate of drug-likeness (QED) is 0.592. The Labute approximate surface area is 116 Å². The van der Waals surface area contributed by atoms with E-state index < -0.39 is 12.0 Å². The minimum atomic E-state index is -4.64. The zero-order valence-electron chi connectivity index (χ0n) is 10.3. The van der Waals surface area contributed by atoms with E-state index in [0.29, 0.717) is 6.54 Å². The molecule has 0 atom stereocenters. The number of hydrogen-bond donors (Lipinski definition) is 3. The van der Waals surface area contributed by atoms with Crippen LogP contribution in [0.25, 0.3) is 0 Å². The van der Waals surface area contributed by atoms with E-state index in [9.17, 15) is 13.2 Å². The van der Waals surface area contributed by atoms with E-state index >= 15 is 0 Å². The lowest BCUT2D eigenvalue weighted by molar-refractivity contribution is -0.144. The Hall–Kier alpha value is -1.94. The van der Waals surface area contributed by atoms with Gasteiger partial charge >= 0.3 is 6.18 Å². The second kappa shape index (κ2) is 5.59. The fourth-order valence-electron chi connectivity index (χ4n) is 1.41. The van der Waals surface area contributed by atoms with Crippen LogP contribution in [0.2, 0.25) is 0 Å². The molecule has 2 aromatic heterocycles. The van der Waals surface area contributed by atoms with Crippen LogP contribution in [0.1, 0.15) is 16.4 Å². The molecule has 2 aromatic rings. The van der Waals surface area contributed by atoms with Crippen LogP contribution < -0.4 is 16.6 Å². The van der Waals surface area contributed by atoms with Crippen molar-refractivity contribution >= 4 is 23.0 Å². The van der Waals surface area contributed by atoms with Gasteiger partial charge in [-0.2, -0.15) is 13.2 Å². The summed E-state index contributed by atoms with van der Waals surface area (Å²) in [5.41, 5.74) is 4.57. The monoisotopic (exact) mass is 304 g/mol. The van der Waals surface area contributed by atoms with Gasteiger partial charge in [0, 0.05) is 10.9 Å². The average Bonchev–Trinajstić information content (AvgIpc) is 2.80. The molecule has 0 aromatic carbocycles. The van der Waals surface area contributed by atoms with E-state index in [0.717, 1.165) is 10.6 Å². The molecule has 0 aliphatic rings. The van der Waals surface area contributed by atoms with Crippen molar-refractivity contribution in [3.63, 3.8) is 0 Å². The SMILES string of the molecule is Cc1ncsc1CNc1cc(NN)nc(C(F)(F)F)n1. The smallest absolute Gasteiger partial charge is 0.365 e. The number of thiazole rings is 1. The summed E-state index contributed by atoms with van der Waals surface area (Å²) in [5.74, 6) is 3.77. The summed E-state index contributed by atoms with van der Waals surface area (Å²) in [6, 6.07) is 1.30. The van der Waals surface area contributed by atoms with Crippen molar-refractivity contribution in [3.8, 4) is 0 Å². The van der Waals surface area contributed by atoms with Gasteiger partial charge < -0.3 is 10.7 Å². The Morgan fingerprint density at radius 1 is 1.30 bits per heavy atom. The summed E-state index contributed by atoms with van der Waals surface area (Å²) in [5, 5.41) is 2.80. The Bertz CT molecular complexity index is 597. The van der Waals surface area contributed by atoms with Gasteiger partial charge in [0.1, 0.15) is 11.6 Å². The molecule has 20 heavy (non-hydrogen) atoms. The van der Waals surface area contributed by atoms with Crippen molar-refractivity contribution in [2.24, 2.45) is 5.84 Å². The lowest BCUT2D eigenvalue weighted by Crippen LogP contribution is -2.17. The third kappa shape index (κ3) is 3.33. The number of nitrogens with two attached hydrogens (primary N) is 1. The molecule has 0 spiro atoms. The number of anilines is 2. The second-order valence-electron chi connectivity index (χ2n) is 3.82. The van der Waals surface area contributed by atoms with Gasteiger partial charge in [0.15, 0.2) is 0 Å². The molecule has 0 aliphatic heterocycles. The molecular formula is C10H11F3N6S. The van der Waals surface area contributed by atoms with Gasteiger partial charge in [-0.05, 0) is 6.92 Å². The summed E-state index contributed by atoms with van der Waals surface area (Å²) in [6.07, 6.45) is -4.64. The van der Waals surface area contributed by atoms with E-state index in [2.05, 4.69) is 25.7 Å². The third-order valence-electron chi connectivity index (χ3n) is 2.40. The maximum absolute atomic E-state index is 12.6. The number of nitrogen functional groups attached to an aromatic ring is 1. The van der Waals surface area contributed by atoms with E-state index in [1.807, 2.05) is 6.92 Å². The molecule has 4 N–H and O–H groups in total. The molecule has 6 nitrogen and oxygen atoms in total. The van der Waals surface area contributed by atoms with Gasteiger partial charge in [0.2, 0.25) is 5.82 Å². The van der Waals surface area contributed by atoms with Crippen molar-refractivity contribution in [2.75, 3.05) is 10.7 Å². The third-order valence-corrected chi connectivity index (χ3v) is 3.34. The van der Waals surface area contributed by atoms with Crippen LogP contribution in [-0.4, -0.2) is 15.0 Å². The zero-order valence-corrected chi connectivity index (χ0v) is 11.1. The zero-order chi connectivity index (χ0) is 14.8. The Morgan fingerprint density at radius 2 is 2.00 bits per heavy atom. The fourth-order valence-corrected chi connectivity index (χ4v) is 2.12. The molecule has 0 fully saturated rings. The number of hydrazine groups is 1. The Kier molecular flexibility index (Phi) is 4.04. The van der Waals surface area contributed by atoms with Gasteiger partial charge in [-0.25, -0.2) is 20.8 Å². The molecule has 0 saturated carbocycles. The first-order valence-corrected chi connectivity index (χ1v) is 6.34. The summed E-state index contributed by atoms with van der Waals surface area (Å²) in [7, 11) is 0. The highest BCUT2D eigenvalue weighted by Gasteiger charge is 2.35. The molecule has 108 valence electrons. The summed E-state index contributed by atoms with van der Waals surface area (Å²) in [4.78, 5) is 11.7. The molecule has 0 aliphatic carbocycles. The molecule has 0 unspecified atom stereocenters. The number of alkyl halides is 3. The highest BCUT2D eigenvalue weighted by molar-refractivity contribution is 7.09. The highest BCUT2D eigenvalue weighted by atomic mass is 32.1. The van der Waals surface area contributed by atoms with Crippen molar-refractivity contribution in [1.82, 2.24) is 15.0 Å². The van der Waals surface area contributed by atoms with Gasteiger partial charge in [-0.15, -0.1) is 11.3 Å². The molecule has 0 radical (unpaired) electrons. The first-order chi connectivity index (χ1) is 9.40. The number of halogens is 3. The lowest BCUT2D eigenvalue weighted by Gasteiger charge is -2.11. The van der Waals surface area contributed by atoms with Crippen LogP contribution in [0.3, 0.4) is 0 Å². The molecule has 2 rings (SSSR count). The normalized spacial score (nSPS) is 11.4. The predicted molar refractivity (Wildman–Crippen MR) is 69.0 cm³/mol. The van der Waals surface area contributed by atoms with Crippen LogP contribution in [-0.2, 0) is 12.7 Å². The molecule has 0 amide bonds. The van der Waals surface area contributed by atoms with Crippen LogP contribution in [0.4, 0.5) is 24.8 Å². The molecule has 0 saturated heterocycles. The van der Waals surface area contributed by atoms with Crippen LogP contribution in [0, 0.1) is 6.92 Å². The van der Waals surface area contributed by atoms with E-state index in [4.69, 9.17) is 5.84 Å². The minimum absolute atomic E-state index is 0.0353. The summed E-state index contributed by atoms with van der Waals surface area (Å²) in [6.45, 7) is 2.15. The predicted octanol–water partition coefficient (Wildman–Crippen LogP) is 2.16.